The molecule has 1 heterocycles. The molecule has 1 aliphatic rings. The van der Waals surface area contributed by atoms with Gasteiger partial charge in [0.1, 0.15) is 0 Å². The highest BCUT2D eigenvalue weighted by Gasteiger charge is 2.27. The molecule has 1 aliphatic carbocycles. The van der Waals surface area contributed by atoms with Gasteiger partial charge in [-0.15, -0.1) is 0 Å². The van der Waals surface area contributed by atoms with Crippen molar-refractivity contribution in [3.63, 3.8) is 0 Å². The molecule has 2 rings (SSSR count). The molecular formula is C15H27N3. The summed E-state index contributed by atoms with van der Waals surface area (Å²) >= 11 is 0. The highest BCUT2D eigenvalue weighted by Crippen LogP contribution is 2.36. The van der Waals surface area contributed by atoms with Gasteiger partial charge in [0, 0.05) is 13.1 Å². The van der Waals surface area contributed by atoms with Crippen LogP contribution in [0.4, 0.5) is 0 Å². The molecule has 0 bridgehead atoms. The van der Waals surface area contributed by atoms with Gasteiger partial charge in [0.05, 0.1) is 11.4 Å². The van der Waals surface area contributed by atoms with Gasteiger partial charge in [0.2, 0.25) is 0 Å². The first-order chi connectivity index (χ1) is 8.65. The van der Waals surface area contributed by atoms with Crippen LogP contribution < -0.4 is 5.73 Å². The lowest BCUT2D eigenvalue weighted by atomic mass is 9.77. The highest BCUT2D eigenvalue weighted by molar-refractivity contribution is 5.15. The van der Waals surface area contributed by atoms with Crippen LogP contribution in [0.1, 0.15) is 63.4 Å². The first kappa shape index (κ1) is 13.6. The van der Waals surface area contributed by atoms with E-state index in [1.54, 1.807) is 0 Å². The van der Waals surface area contributed by atoms with Gasteiger partial charge in [-0.05, 0) is 37.2 Å². The van der Waals surface area contributed by atoms with Crippen molar-refractivity contribution in [2.45, 2.75) is 58.4 Å². The van der Waals surface area contributed by atoms with Crippen LogP contribution in [-0.4, -0.2) is 9.78 Å². The van der Waals surface area contributed by atoms with E-state index < -0.39 is 0 Å². The summed E-state index contributed by atoms with van der Waals surface area (Å²) in [5, 5.41) is 4.51. The Hall–Kier alpha value is -0.830. The lowest BCUT2D eigenvalue weighted by Gasteiger charge is -2.31. The van der Waals surface area contributed by atoms with Crippen LogP contribution in [-0.2, 0) is 13.5 Å². The zero-order chi connectivity index (χ0) is 13.1. The van der Waals surface area contributed by atoms with E-state index in [0.717, 1.165) is 18.0 Å². The fourth-order valence-corrected chi connectivity index (χ4v) is 3.23. The summed E-state index contributed by atoms with van der Waals surface area (Å²) in [4.78, 5) is 0. The third-order valence-corrected chi connectivity index (χ3v) is 4.65. The monoisotopic (exact) mass is 249 g/mol. The van der Waals surface area contributed by atoms with Gasteiger partial charge in [-0.25, -0.2) is 0 Å². The molecule has 0 aliphatic heterocycles. The van der Waals surface area contributed by atoms with Gasteiger partial charge in [-0.2, -0.15) is 5.10 Å². The first-order valence-electron chi connectivity index (χ1n) is 7.44. The molecule has 0 aromatic carbocycles. The van der Waals surface area contributed by atoms with E-state index in [4.69, 9.17) is 5.73 Å². The van der Waals surface area contributed by atoms with Gasteiger partial charge in [-0.1, -0.05) is 33.1 Å². The Bertz CT molecular complexity index is 375. The van der Waals surface area contributed by atoms with Crippen molar-refractivity contribution in [1.29, 1.82) is 0 Å². The van der Waals surface area contributed by atoms with Crippen molar-refractivity contribution < 1.29 is 0 Å². The van der Waals surface area contributed by atoms with Crippen molar-refractivity contribution in [2.75, 3.05) is 0 Å². The van der Waals surface area contributed by atoms with E-state index in [-0.39, 0.29) is 6.04 Å². The Morgan fingerprint density at radius 2 is 2.00 bits per heavy atom. The van der Waals surface area contributed by atoms with Crippen LogP contribution in [0.5, 0.6) is 0 Å². The summed E-state index contributed by atoms with van der Waals surface area (Å²) in [7, 11) is 2.02. The Morgan fingerprint density at radius 3 is 2.50 bits per heavy atom. The number of hydrogen-bond donors (Lipinski definition) is 1. The largest absolute Gasteiger partial charge is 0.322 e. The van der Waals surface area contributed by atoms with E-state index in [1.807, 2.05) is 11.7 Å². The number of rotatable bonds is 4. The Balaban J connectivity index is 2.02. The molecule has 1 aromatic rings. The molecule has 102 valence electrons. The van der Waals surface area contributed by atoms with Crippen LogP contribution in [0.2, 0.25) is 0 Å². The molecule has 1 aromatic heterocycles. The van der Waals surface area contributed by atoms with Crippen LogP contribution in [0.15, 0.2) is 6.07 Å². The molecule has 3 heteroatoms. The molecule has 0 amide bonds. The summed E-state index contributed by atoms with van der Waals surface area (Å²) < 4.78 is 1.98. The topological polar surface area (TPSA) is 43.8 Å². The normalized spacial score (nSPS) is 26.2. The molecule has 3 nitrogen and oxygen atoms in total. The molecule has 1 atom stereocenters. The van der Waals surface area contributed by atoms with Gasteiger partial charge in [-0.3, -0.25) is 4.68 Å². The zero-order valence-corrected chi connectivity index (χ0v) is 12.0. The molecule has 2 N–H and O–H groups in total. The highest BCUT2D eigenvalue weighted by atomic mass is 15.3. The van der Waals surface area contributed by atoms with Crippen LogP contribution >= 0.6 is 0 Å². The van der Waals surface area contributed by atoms with Crippen molar-refractivity contribution in [3.05, 3.63) is 17.5 Å². The summed E-state index contributed by atoms with van der Waals surface area (Å²) in [5.41, 5.74) is 8.84. The molecule has 0 radical (unpaired) electrons. The molecule has 0 spiro atoms. The third kappa shape index (κ3) is 2.77. The fraction of sp³-hybridized carbons (Fsp3) is 0.800. The van der Waals surface area contributed by atoms with Crippen molar-refractivity contribution in [1.82, 2.24) is 9.78 Å². The molecule has 0 saturated heterocycles. The number of hydrogen-bond acceptors (Lipinski definition) is 2. The van der Waals surface area contributed by atoms with Gasteiger partial charge in [0.25, 0.3) is 0 Å². The minimum Gasteiger partial charge on any atom is -0.322 e. The maximum absolute atomic E-state index is 6.46. The van der Waals surface area contributed by atoms with Crippen LogP contribution in [0.3, 0.4) is 0 Å². The minimum absolute atomic E-state index is 0.167. The lowest BCUT2D eigenvalue weighted by Crippen LogP contribution is -2.27. The van der Waals surface area contributed by atoms with E-state index in [9.17, 15) is 0 Å². The maximum Gasteiger partial charge on any atom is 0.0625 e. The van der Waals surface area contributed by atoms with E-state index in [2.05, 4.69) is 25.0 Å². The predicted octanol–water partition coefficient (Wildman–Crippen LogP) is 3.20. The Kier molecular flexibility index (Phi) is 4.44. The average molecular weight is 249 g/mol. The third-order valence-electron chi connectivity index (χ3n) is 4.65. The van der Waals surface area contributed by atoms with Gasteiger partial charge >= 0.3 is 0 Å². The fourth-order valence-electron chi connectivity index (χ4n) is 3.23. The lowest BCUT2D eigenvalue weighted by molar-refractivity contribution is 0.235. The first-order valence-corrected chi connectivity index (χ1v) is 7.44. The zero-order valence-electron chi connectivity index (χ0n) is 12.0. The summed E-state index contributed by atoms with van der Waals surface area (Å²) in [6.45, 7) is 4.45. The van der Waals surface area contributed by atoms with Crippen molar-refractivity contribution >= 4 is 0 Å². The number of aromatic nitrogens is 2. The minimum atomic E-state index is 0.167. The van der Waals surface area contributed by atoms with Crippen molar-refractivity contribution in [3.8, 4) is 0 Å². The standard InChI is InChI=1S/C15H27N3/c1-4-11-6-8-12(9-7-11)15(16)14-10-13(5-2)17-18(14)3/h10-12,15H,4-9,16H2,1-3H3. The molecular weight excluding hydrogens is 222 g/mol. The van der Waals surface area contributed by atoms with Gasteiger partial charge in [0.15, 0.2) is 0 Å². The second-order valence-corrected chi connectivity index (χ2v) is 5.75. The quantitative estimate of drug-likeness (QED) is 0.890. The number of aryl methyl sites for hydroxylation is 2. The maximum atomic E-state index is 6.46. The van der Waals surface area contributed by atoms with Gasteiger partial charge < -0.3 is 5.73 Å². The summed E-state index contributed by atoms with van der Waals surface area (Å²) in [6, 6.07) is 2.36. The summed E-state index contributed by atoms with van der Waals surface area (Å²) in [6.07, 6.45) is 7.59. The van der Waals surface area contributed by atoms with Crippen LogP contribution in [0.25, 0.3) is 0 Å². The van der Waals surface area contributed by atoms with E-state index in [0.29, 0.717) is 5.92 Å². The molecule has 18 heavy (non-hydrogen) atoms. The van der Waals surface area contributed by atoms with Crippen LogP contribution in [0, 0.1) is 11.8 Å². The average Bonchev–Trinajstić information content (AvgIpc) is 2.79. The summed E-state index contributed by atoms with van der Waals surface area (Å²) in [5.74, 6) is 1.58. The molecule has 1 unspecified atom stereocenters. The SMILES string of the molecule is CCc1cc(C(N)C2CCC(CC)CC2)n(C)n1. The smallest absolute Gasteiger partial charge is 0.0625 e. The Labute approximate surface area is 111 Å². The number of nitrogens with two attached hydrogens (primary N) is 1. The van der Waals surface area contributed by atoms with E-state index in [1.165, 1.54) is 37.8 Å². The second-order valence-electron chi connectivity index (χ2n) is 5.75. The second kappa shape index (κ2) is 5.87. The number of nitrogens with zero attached hydrogens (tertiary/aromatic N) is 2. The van der Waals surface area contributed by atoms with Crippen molar-refractivity contribution in [2.24, 2.45) is 24.6 Å². The Morgan fingerprint density at radius 1 is 1.33 bits per heavy atom. The molecule has 1 fully saturated rings. The van der Waals surface area contributed by atoms with E-state index >= 15 is 0 Å². The predicted molar refractivity (Wildman–Crippen MR) is 75.3 cm³/mol. The molecule has 1 saturated carbocycles.